The predicted octanol–water partition coefficient (Wildman–Crippen LogP) is 1.57. The van der Waals surface area contributed by atoms with Gasteiger partial charge in [0.1, 0.15) is 0 Å². The number of primary sulfonamides is 1. The number of carbonyl (C=O) groups is 2. The van der Waals surface area contributed by atoms with Gasteiger partial charge in [0.2, 0.25) is 15.9 Å². The lowest BCUT2D eigenvalue weighted by Gasteiger charge is -2.17. The average Bonchev–Trinajstić information content (AvgIpc) is 2.95. The minimum atomic E-state index is -3.78. The Morgan fingerprint density at radius 3 is 2.33 bits per heavy atom. The van der Waals surface area contributed by atoms with Crippen LogP contribution in [0.2, 0.25) is 0 Å². The number of aryl methyl sites for hydroxylation is 1. The van der Waals surface area contributed by atoms with Crippen molar-refractivity contribution in [1.29, 1.82) is 0 Å². The Labute approximate surface area is 157 Å². The van der Waals surface area contributed by atoms with Crippen molar-refractivity contribution in [2.45, 2.75) is 24.3 Å². The topological polar surface area (TPSA) is 122 Å². The molecule has 8 nitrogen and oxygen atoms in total. The number of anilines is 2. The van der Waals surface area contributed by atoms with Gasteiger partial charge < -0.3 is 15.5 Å². The van der Waals surface area contributed by atoms with Crippen molar-refractivity contribution in [3.8, 4) is 0 Å². The fourth-order valence-electron chi connectivity index (χ4n) is 2.86. The molecule has 142 valence electrons. The van der Waals surface area contributed by atoms with Gasteiger partial charge in [-0.15, -0.1) is 0 Å². The van der Waals surface area contributed by atoms with Gasteiger partial charge in [0.15, 0.2) is 0 Å². The molecule has 0 saturated carbocycles. The molecule has 3 rings (SSSR count). The number of nitrogens with two attached hydrogens (primary N) is 1. The molecule has 1 aliphatic rings. The number of carbonyl (C=O) groups excluding carboxylic acids is 2. The Morgan fingerprint density at radius 2 is 1.74 bits per heavy atom. The van der Waals surface area contributed by atoms with Gasteiger partial charge in [-0.05, 0) is 43.3 Å². The van der Waals surface area contributed by atoms with Gasteiger partial charge in [0.25, 0.3) is 0 Å². The third-order valence-electron chi connectivity index (χ3n) is 4.25. The van der Waals surface area contributed by atoms with Crippen molar-refractivity contribution in [2.24, 2.45) is 5.14 Å². The van der Waals surface area contributed by atoms with Crippen LogP contribution in [0.4, 0.5) is 16.2 Å². The van der Waals surface area contributed by atoms with Crippen LogP contribution in [0.15, 0.2) is 53.4 Å². The summed E-state index contributed by atoms with van der Waals surface area (Å²) in [6.07, 6.45) is 0.214. The third-order valence-corrected chi connectivity index (χ3v) is 5.18. The number of amides is 3. The first-order valence-electron chi connectivity index (χ1n) is 8.30. The first kappa shape index (κ1) is 18.9. The molecule has 3 amide bonds. The van der Waals surface area contributed by atoms with Crippen LogP contribution in [-0.4, -0.2) is 32.9 Å². The maximum absolute atomic E-state index is 12.2. The van der Waals surface area contributed by atoms with E-state index in [1.165, 1.54) is 24.3 Å². The van der Waals surface area contributed by atoms with Crippen molar-refractivity contribution in [1.82, 2.24) is 5.32 Å². The number of nitrogens with one attached hydrogen (secondary N) is 2. The Hall–Kier alpha value is -2.91. The van der Waals surface area contributed by atoms with Gasteiger partial charge in [-0.25, -0.2) is 18.4 Å². The smallest absolute Gasteiger partial charge is 0.319 e. The van der Waals surface area contributed by atoms with E-state index in [0.29, 0.717) is 12.2 Å². The van der Waals surface area contributed by atoms with Gasteiger partial charge in [-0.3, -0.25) is 4.79 Å². The number of hydrogen-bond donors (Lipinski definition) is 3. The van der Waals surface area contributed by atoms with E-state index in [2.05, 4.69) is 10.6 Å². The molecule has 27 heavy (non-hydrogen) atoms. The van der Waals surface area contributed by atoms with Crippen molar-refractivity contribution in [2.75, 3.05) is 16.8 Å². The largest absolute Gasteiger partial charge is 0.333 e. The molecular weight excluding hydrogens is 368 g/mol. The lowest BCUT2D eigenvalue weighted by Crippen LogP contribution is -2.39. The highest BCUT2D eigenvalue weighted by atomic mass is 32.2. The van der Waals surface area contributed by atoms with Crippen LogP contribution in [0.25, 0.3) is 0 Å². The minimum absolute atomic E-state index is 0.0383. The molecule has 1 atom stereocenters. The van der Waals surface area contributed by atoms with Gasteiger partial charge in [-0.1, -0.05) is 17.7 Å². The first-order valence-corrected chi connectivity index (χ1v) is 9.84. The average molecular weight is 388 g/mol. The summed E-state index contributed by atoms with van der Waals surface area (Å²) in [6.45, 7) is 2.36. The lowest BCUT2D eigenvalue weighted by atomic mass is 10.2. The second kappa shape index (κ2) is 7.37. The quantitative estimate of drug-likeness (QED) is 0.736. The van der Waals surface area contributed by atoms with E-state index < -0.39 is 16.1 Å². The molecule has 2 aromatic carbocycles. The van der Waals surface area contributed by atoms with E-state index >= 15 is 0 Å². The van der Waals surface area contributed by atoms with E-state index in [9.17, 15) is 18.0 Å². The molecule has 4 N–H and O–H groups in total. The summed E-state index contributed by atoms with van der Waals surface area (Å²) in [6, 6.07) is 12.3. The Kier molecular flexibility index (Phi) is 5.15. The standard InChI is InChI=1S/C18H20N4O4S/c1-12-2-6-15(7-3-12)22-11-14(10-17(22)23)21-18(24)20-13-4-8-16(9-5-13)27(19,25)26/h2-9,14H,10-11H2,1H3,(H2,19,25,26)(H2,20,21,24)/t14-/m0/s1. The van der Waals surface area contributed by atoms with Crippen LogP contribution >= 0.6 is 0 Å². The number of hydrogen-bond acceptors (Lipinski definition) is 4. The Bertz CT molecular complexity index is 956. The van der Waals surface area contributed by atoms with Crippen LogP contribution in [0.5, 0.6) is 0 Å². The summed E-state index contributed by atoms with van der Waals surface area (Å²) in [5.74, 6) is -0.0540. The molecule has 0 spiro atoms. The highest BCUT2D eigenvalue weighted by Crippen LogP contribution is 2.22. The molecule has 9 heteroatoms. The Balaban J connectivity index is 1.58. The summed E-state index contributed by atoms with van der Waals surface area (Å²) in [4.78, 5) is 26.0. The maximum atomic E-state index is 12.2. The zero-order valence-electron chi connectivity index (χ0n) is 14.7. The normalized spacial score (nSPS) is 17.0. The van der Waals surface area contributed by atoms with E-state index in [1.54, 1.807) is 4.90 Å². The second-order valence-electron chi connectivity index (χ2n) is 6.41. The molecule has 1 fully saturated rings. The van der Waals surface area contributed by atoms with Crippen molar-refractivity contribution >= 4 is 33.3 Å². The van der Waals surface area contributed by atoms with Crippen molar-refractivity contribution in [3.05, 3.63) is 54.1 Å². The molecule has 0 aromatic heterocycles. The SMILES string of the molecule is Cc1ccc(N2C[C@@H](NC(=O)Nc3ccc(S(N)(=O)=O)cc3)CC2=O)cc1. The van der Waals surface area contributed by atoms with Gasteiger partial charge in [0, 0.05) is 24.3 Å². The second-order valence-corrected chi connectivity index (χ2v) is 7.97. The van der Waals surface area contributed by atoms with E-state index in [4.69, 9.17) is 5.14 Å². The summed E-state index contributed by atoms with van der Waals surface area (Å²) in [5, 5.41) is 10.4. The zero-order chi connectivity index (χ0) is 19.6. The van der Waals surface area contributed by atoms with Crippen LogP contribution < -0.4 is 20.7 Å². The van der Waals surface area contributed by atoms with E-state index in [-0.39, 0.29) is 23.3 Å². The molecule has 1 aliphatic heterocycles. The fraction of sp³-hybridized carbons (Fsp3) is 0.222. The van der Waals surface area contributed by atoms with Gasteiger partial charge in [-0.2, -0.15) is 0 Å². The number of benzene rings is 2. The number of urea groups is 1. The predicted molar refractivity (Wildman–Crippen MR) is 102 cm³/mol. The number of rotatable bonds is 4. The van der Waals surface area contributed by atoms with Crippen molar-refractivity contribution in [3.63, 3.8) is 0 Å². The molecular formula is C18H20N4O4S. The fourth-order valence-corrected chi connectivity index (χ4v) is 3.37. The molecule has 0 aliphatic carbocycles. The molecule has 1 heterocycles. The highest BCUT2D eigenvalue weighted by molar-refractivity contribution is 7.89. The molecule has 0 bridgehead atoms. The van der Waals surface area contributed by atoms with Crippen LogP contribution in [-0.2, 0) is 14.8 Å². The summed E-state index contributed by atoms with van der Waals surface area (Å²) in [7, 11) is -3.78. The maximum Gasteiger partial charge on any atom is 0.319 e. The van der Waals surface area contributed by atoms with E-state index in [0.717, 1.165) is 11.3 Å². The summed E-state index contributed by atoms with van der Waals surface area (Å²) < 4.78 is 22.5. The van der Waals surface area contributed by atoms with Crippen LogP contribution in [0.3, 0.4) is 0 Å². The summed E-state index contributed by atoms with van der Waals surface area (Å²) in [5.41, 5.74) is 2.32. The zero-order valence-corrected chi connectivity index (χ0v) is 15.5. The third kappa shape index (κ3) is 4.63. The highest BCUT2D eigenvalue weighted by Gasteiger charge is 2.31. The number of sulfonamides is 1. The van der Waals surface area contributed by atoms with Crippen LogP contribution in [0.1, 0.15) is 12.0 Å². The van der Waals surface area contributed by atoms with E-state index in [1.807, 2.05) is 31.2 Å². The molecule has 0 radical (unpaired) electrons. The molecule has 1 saturated heterocycles. The Morgan fingerprint density at radius 1 is 1.11 bits per heavy atom. The molecule has 2 aromatic rings. The lowest BCUT2D eigenvalue weighted by molar-refractivity contribution is -0.117. The number of nitrogens with zero attached hydrogens (tertiary/aromatic N) is 1. The summed E-state index contributed by atoms with van der Waals surface area (Å²) >= 11 is 0. The monoisotopic (exact) mass is 388 g/mol. The van der Waals surface area contributed by atoms with Gasteiger partial charge in [0.05, 0.1) is 10.9 Å². The van der Waals surface area contributed by atoms with Gasteiger partial charge >= 0.3 is 6.03 Å². The minimum Gasteiger partial charge on any atom is -0.333 e. The first-order chi connectivity index (χ1) is 12.7. The van der Waals surface area contributed by atoms with Crippen molar-refractivity contribution < 1.29 is 18.0 Å². The molecule has 0 unspecified atom stereocenters. The van der Waals surface area contributed by atoms with Crippen LogP contribution in [0, 0.1) is 6.92 Å².